The molecule has 0 saturated heterocycles. The quantitative estimate of drug-likeness (QED) is 0.486. The van der Waals surface area contributed by atoms with Crippen LogP contribution in [0.25, 0.3) is 15.9 Å². The minimum Gasteiger partial charge on any atom is -0.390 e. The first-order chi connectivity index (χ1) is 13.8. The Bertz CT molecular complexity index is 1290. The first-order valence-electron chi connectivity index (χ1n) is 8.49. The number of hydrogen-bond donors (Lipinski definition) is 1. The smallest absolute Gasteiger partial charge is 0.390 e. The second-order valence-corrected chi connectivity index (χ2v) is 7.34. The summed E-state index contributed by atoms with van der Waals surface area (Å²) in [4.78, 5) is 25.9. The number of aromatic nitrogens is 1. The first-order valence-corrected chi connectivity index (χ1v) is 9.30. The summed E-state index contributed by atoms with van der Waals surface area (Å²) in [6.45, 7) is 0. The number of para-hydroxylation sites is 1. The van der Waals surface area contributed by atoms with Gasteiger partial charge in [0.25, 0.3) is 5.56 Å². The molecular weight excluding hydrogens is 401 g/mol. The molecule has 0 aliphatic heterocycles. The Hall–Kier alpha value is -3.39. The first kappa shape index (κ1) is 18.9. The van der Waals surface area contributed by atoms with E-state index in [9.17, 15) is 22.8 Å². The van der Waals surface area contributed by atoms with Gasteiger partial charge in [0.05, 0.1) is 21.8 Å². The number of nitrogen functional groups attached to an aromatic ring is 1. The molecule has 0 aliphatic carbocycles. The van der Waals surface area contributed by atoms with Crippen molar-refractivity contribution < 1.29 is 18.0 Å². The molecule has 8 heteroatoms. The standard InChI is InChI=1S/C21H13F3N2O2S/c22-21(23,24)13-6-4-5-12(11-13)18(28)17-15-9-10-16(27)26(20(15)29-19(17)25)14-7-2-1-3-8-14/h1-11H,25H2. The lowest BCUT2D eigenvalue weighted by molar-refractivity contribution is -0.137. The van der Waals surface area contributed by atoms with Gasteiger partial charge in [-0.25, -0.2) is 0 Å². The monoisotopic (exact) mass is 414 g/mol. The van der Waals surface area contributed by atoms with E-state index in [-0.39, 0.29) is 21.7 Å². The normalized spacial score (nSPS) is 11.7. The summed E-state index contributed by atoms with van der Waals surface area (Å²) in [5.74, 6) is -0.627. The van der Waals surface area contributed by atoms with Gasteiger partial charge >= 0.3 is 6.18 Å². The van der Waals surface area contributed by atoms with Crippen LogP contribution in [0.1, 0.15) is 21.5 Å². The highest BCUT2D eigenvalue weighted by Gasteiger charge is 2.31. The summed E-state index contributed by atoms with van der Waals surface area (Å²) in [6.07, 6.45) is -4.56. The van der Waals surface area contributed by atoms with Gasteiger partial charge in [-0.1, -0.05) is 41.7 Å². The van der Waals surface area contributed by atoms with Crippen LogP contribution in [0.2, 0.25) is 0 Å². The van der Waals surface area contributed by atoms with Crippen LogP contribution in [-0.2, 0) is 6.18 Å². The zero-order valence-electron chi connectivity index (χ0n) is 14.7. The third-order valence-corrected chi connectivity index (χ3v) is 5.48. The number of hydrogen-bond acceptors (Lipinski definition) is 4. The highest BCUT2D eigenvalue weighted by atomic mass is 32.1. The summed E-state index contributed by atoms with van der Waals surface area (Å²) in [5, 5.41) is 0.552. The highest BCUT2D eigenvalue weighted by molar-refractivity contribution is 7.22. The van der Waals surface area contributed by atoms with Crippen LogP contribution < -0.4 is 11.3 Å². The van der Waals surface area contributed by atoms with Gasteiger partial charge in [0, 0.05) is 17.0 Å². The van der Waals surface area contributed by atoms with Gasteiger partial charge < -0.3 is 5.73 Å². The average molecular weight is 414 g/mol. The molecule has 0 amide bonds. The maximum atomic E-state index is 13.0. The van der Waals surface area contributed by atoms with Crippen molar-refractivity contribution in [3.8, 4) is 5.69 Å². The molecule has 0 fully saturated rings. The van der Waals surface area contributed by atoms with E-state index < -0.39 is 17.5 Å². The number of ketones is 1. The topological polar surface area (TPSA) is 65.1 Å². The Morgan fingerprint density at radius 3 is 2.38 bits per heavy atom. The molecule has 2 aromatic heterocycles. The summed E-state index contributed by atoms with van der Waals surface area (Å²) < 4.78 is 40.5. The van der Waals surface area contributed by atoms with Crippen molar-refractivity contribution >= 4 is 32.3 Å². The van der Waals surface area contributed by atoms with Crippen LogP contribution >= 0.6 is 11.3 Å². The Morgan fingerprint density at radius 1 is 0.966 bits per heavy atom. The Labute approximate surface area is 166 Å². The Balaban J connectivity index is 1.91. The molecule has 0 aliphatic rings. The van der Waals surface area contributed by atoms with Crippen molar-refractivity contribution in [2.75, 3.05) is 5.73 Å². The van der Waals surface area contributed by atoms with E-state index in [1.54, 1.807) is 30.3 Å². The number of nitrogens with two attached hydrogens (primary N) is 1. The number of halogens is 3. The molecule has 4 aromatic rings. The van der Waals surface area contributed by atoms with E-state index in [0.29, 0.717) is 15.9 Å². The molecule has 0 atom stereocenters. The van der Waals surface area contributed by atoms with E-state index in [1.807, 2.05) is 0 Å². The minimum absolute atomic E-state index is 0.0917. The molecule has 146 valence electrons. The van der Waals surface area contributed by atoms with Gasteiger partial charge in [0.2, 0.25) is 0 Å². The summed E-state index contributed by atoms with van der Waals surface area (Å²) in [7, 11) is 0. The third-order valence-electron chi connectivity index (χ3n) is 4.46. The van der Waals surface area contributed by atoms with E-state index in [4.69, 9.17) is 5.73 Å². The highest BCUT2D eigenvalue weighted by Crippen LogP contribution is 2.36. The fourth-order valence-electron chi connectivity index (χ4n) is 3.14. The number of thiophene rings is 1. The Kier molecular flexibility index (Phi) is 4.50. The third kappa shape index (κ3) is 3.31. The Morgan fingerprint density at radius 2 is 1.69 bits per heavy atom. The molecular formula is C21H13F3N2O2S. The fourth-order valence-corrected chi connectivity index (χ4v) is 4.22. The zero-order chi connectivity index (χ0) is 20.8. The van der Waals surface area contributed by atoms with E-state index in [2.05, 4.69) is 0 Å². The van der Waals surface area contributed by atoms with Crippen LogP contribution in [-0.4, -0.2) is 10.4 Å². The predicted octanol–water partition coefficient (Wildman–Crippen LogP) is 4.88. The molecule has 0 spiro atoms. The van der Waals surface area contributed by atoms with Crippen molar-refractivity contribution in [1.29, 1.82) is 0 Å². The molecule has 0 radical (unpaired) electrons. The number of rotatable bonds is 3. The van der Waals surface area contributed by atoms with Crippen molar-refractivity contribution in [3.05, 3.63) is 93.8 Å². The number of pyridine rings is 1. The van der Waals surface area contributed by atoms with Gasteiger partial charge in [0.1, 0.15) is 4.83 Å². The van der Waals surface area contributed by atoms with Crippen molar-refractivity contribution in [2.45, 2.75) is 6.18 Å². The second kappa shape index (κ2) is 6.89. The molecule has 2 aromatic carbocycles. The van der Waals surface area contributed by atoms with Gasteiger partial charge in [-0.05, 0) is 30.3 Å². The molecule has 2 heterocycles. The lowest BCUT2D eigenvalue weighted by Gasteiger charge is -2.09. The number of anilines is 1. The molecule has 4 nitrogen and oxygen atoms in total. The largest absolute Gasteiger partial charge is 0.416 e. The lowest BCUT2D eigenvalue weighted by Crippen LogP contribution is -2.16. The number of carbonyl (C=O) groups excluding carboxylic acids is 1. The van der Waals surface area contributed by atoms with Crippen LogP contribution in [0.5, 0.6) is 0 Å². The number of alkyl halides is 3. The molecule has 0 saturated carbocycles. The molecule has 29 heavy (non-hydrogen) atoms. The predicted molar refractivity (Wildman–Crippen MR) is 107 cm³/mol. The second-order valence-electron chi connectivity index (χ2n) is 6.31. The summed E-state index contributed by atoms with van der Waals surface area (Å²) in [5.41, 5.74) is 5.43. The SMILES string of the molecule is Nc1sc2c(ccc(=O)n2-c2ccccc2)c1C(=O)c1cccc(C(F)(F)F)c1. The fraction of sp³-hybridized carbons (Fsp3) is 0.0476. The van der Waals surface area contributed by atoms with E-state index in [1.165, 1.54) is 28.8 Å². The van der Waals surface area contributed by atoms with Crippen LogP contribution in [0.15, 0.2) is 71.5 Å². The molecule has 4 rings (SSSR count). The lowest BCUT2D eigenvalue weighted by atomic mass is 10.0. The van der Waals surface area contributed by atoms with E-state index >= 15 is 0 Å². The van der Waals surface area contributed by atoms with Crippen LogP contribution in [0, 0.1) is 0 Å². The van der Waals surface area contributed by atoms with Gasteiger partial charge in [0.15, 0.2) is 5.78 Å². The van der Waals surface area contributed by atoms with E-state index in [0.717, 1.165) is 23.5 Å². The number of fused-ring (bicyclic) bond motifs is 1. The van der Waals surface area contributed by atoms with Crippen molar-refractivity contribution in [2.24, 2.45) is 0 Å². The number of carbonyl (C=O) groups is 1. The van der Waals surface area contributed by atoms with Gasteiger partial charge in [-0.3, -0.25) is 14.2 Å². The van der Waals surface area contributed by atoms with Gasteiger partial charge in [-0.2, -0.15) is 13.2 Å². The summed E-state index contributed by atoms with van der Waals surface area (Å²) in [6, 6.07) is 15.8. The average Bonchev–Trinajstić information content (AvgIpc) is 3.03. The summed E-state index contributed by atoms with van der Waals surface area (Å²) >= 11 is 1.04. The van der Waals surface area contributed by atoms with Crippen molar-refractivity contribution in [1.82, 2.24) is 4.57 Å². The van der Waals surface area contributed by atoms with Gasteiger partial charge in [-0.15, -0.1) is 0 Å². The number of nitrogens with zero attached hydrogens (tertiary/aromatic N) is 1. The zero-order valence-corrected chi connectivity index (χ0v) is 15.6. The van der Waals surface area contributed by atoms with Crippen molar-refractivity contribution in [3.63, 3.8) is 0 Å². The molecule has 0 bridgehead atoms. The number of benzene rings is 2. The maximum Gasteiger partial charge on any atom is 0.416 e. The maximum absolute atomic E-state index is 13.0. The minimum atomic E-state index is -4.56. The van der Waals surface area contributed by atoms with Crippen LogP contribution in [0.4, 0.5) is 18.2 Å². The molecule has 0 unspecified atom stereocenters. The molecule has 2 N–H and O–H groups in total. The van der Waals surface area contributed by atoms with Crippen LogP contribution in [0.3, 0.4) is 0 Å².